The van der Waals surface area contributed by atoms with E-state index in [1.165, 1.54) is 13.0 Å². The van der Waals surface area contributed by atoms with Gasteiger partial charge in [-0.1, -0.05) is 20.3 Å². The maximum atomic E-state index is 8.77. The van der Waals surface area contributed by atoms with E-state index in [0.29, 0.717) is 12.5 Å². The molecule has 1 N–H and O–H groups in total. The monoisotopic (exact) mass is 157 g/mol. The van der Waals surface area contributed by atoms with Crippen molar-refractivity contribution in [2.75, 3.05) is 26.2 Å². The minimum Gasteiger partial charge on any atom is -0.396 e. The average Bonchev–Trinajstić information content (AvgIpc) is 1.95. The number of hydrogen-bond donors (Lipinski definition) is 1. The zero-order valence-corrected chi connectivity index (χ0v) is 7.58. The Bertz CT molecular complexity index is 110. The lowest BCUT2D eigenvalue weighted by Crippen LogP contribution is -2.49. The van der Waals surface area contributed by atoms with Gasteiger partial charge in [0, 0.05) is 32.2 Å². The fraction of sp³-hybridized carbons (Fsp3) is 1.00. The van der Waals surface area contributed by atoms with Gasteiger partial charge in [-0.15, -0.1) is 0 Å². The van der Waals surface area contributed by atoms with Crippen LogP contribution in [0.4, 0.5) is 0 Å². The minimum atomic E-state index is 0.372. The van der Waals surface area contributed by atoms with Crippen molar-refractivity contribution in [3.63, 3.8) is 0 Å². The fourth-order valence-corrected chi connectivity index (χ4v) is 1.51. The van der Waals surface area contributed by atoms with Gasteiger partial charge in [0.2, 0.25) is 0 Å². The first kappa shape index (κ1) is 9.01. The summed E-state index contributed by atoms with van der Waals surface area (Å²) in [5.74, 6) is 1.38. The van der Waals surface area contributed by atoms with E-state index in [-0.39, 0.29) is 0 Å². The first-order chi connectivity index (χ1) is 5.26. The van der Waals surface area contributed by atoms with Gasteiger partial charge in [-0.3, -0.25) is 0 Å². The highest BCUT2D eigenvalue weighted by Crippen LogP contribution is 2.16. The molecule has 0 aromatic heterocycles. The number of aliphatic hydroxyl groups is 1. The van der Waals surface area contributed by atoms with Crippen LogP contribution in [-0.2, 0) is 0 Å². The Kier molecular flexibility index (Phi) is 3.34. The molecule has 0 amide bonds. The zero-order chi connectivity index (χ0) is 8.27. The maximum Gasteiger partial charge on any atom is 0.0483 e. The van der Waals surface area contributed by atoms with Gasteiger partial charge in [0.25, 0.3) is 0 Å². The van der Waals surface area contributed by atoms with Crippen LogP contribution in [0.5, 0.6) is 0 Å². The van der Waals surface area contributed by atoms with E-state index in [2.05, 4.69) is 18.7 Å². The molecule has 1 aliphatic rings. The largest absolute Gasteiger partial charge is 0.396 e. The van der Waals surface area contributed by atoms with Crippen LogP contribution in [0.1, 0.15) is 20.3 Å². The molecule has 0 aromatic carbocycles. The van der Waals surface area contributed by atoms with Crippen molar-refractivity contribution in [2.24, 2.45) is 11.8 Å². The van der Waals surface area contributed by atoms with Gasteiger partial charge < -0.3 is 10.0 Å². The molecule has 1 saturated heterocycles. The second kappa shape index (κ2) is 4.07. The summed E-state index contributed by atoms with van der Waals surface area (Å²) in [7, 11) is 0. The molecule has 0 aliphatic carbocycles. The van der Waals surface area contributed by atoms with E-state index in [1.54, 1.807) is 0 Å². The Morgan fingerprint density at radius 1 is 1.55 bits per heavy atom. The molecule has 2 nitrogen and oxygen atoms in total. The molecule has 0 radical (unpaired) electrons. The summed E-state index contributed by atoms with van der Waals surface area (Å²) in [6, 6.07) is 0. The second-order valence-corrected chi connectivity index (χ2v) is 3.78. The number of aliphatic hydroxyl groups excluding tert-OH is 1. The normalized spacial score (nSPS) is 23.2. The summed E-state index contributed by atoms with van der Waals surface area (Å²) in [5.41, 5.74) is 0. The van der Waals surface area contributed by atoms with Crippen molar-refractivity contribution in [2.45, 2.75) is 20.3 Å². The summed E-state index contributed by atoms with van der Waals surface area (Å²) >= 11 is 0. The molecule has 0 spiro atoms. The Balaban J connectivity index is 2.04. The van der Waals surface area contributed by atoms with E-state index >= 15 is 0 Å². The molecule has 0 bridgehead atoms. The zero-order valence-electron chi connectivity index (χ0n) is 7.58. The van der Waals surface area contributed by atoms with Gasteiger partial charge in [-0.25, -0.2) is 0 Å². The van der Waals surface area contributed by atoms with Crippen molar-refractivity contribution in [1.29, 1.82) is 0 Å². The molecule has 2 heteroatoms. The van der Waals surface area contributed by atoms with E-state index in [9.17, 15) is 0 Å². The Hall–Kier alpha value is -0.0800. The van der Waals surface area contributed by atoms with Crippen molar-refractivity contribution < 1.29 is 5.11 Å². The van der Waals surface area contributed by atoms with Crippen LogP contribution < -0.4 is 0 Å². The van der Waals surface area contributed by atoms with Crippen molar-refractivity contribution >= 4 is 0 Å². The smallest absolute Gasteiger partial charge is 0.0483 e. The average molecular weight is 157 g/mol. The molecule has 0 saturated carbocycles. The van der Waals surface area contributed by atoms with Crippen LogP contribution in [0.15, 0.2) is 0 Å². The molecule has 1 fully saturated rings. The van der Waals surface area contributed by atoms with Gasteiger partial charge in [0.15, 0.2) is 0 Å². The molecule has 1 aliphatic heterocycles. The van der Waals surface area contributed by atoms with Gasteiger partial charge in [-0.2, -0.15) is 0 Å². The van der Waals surface area contributed by atoms with Crippen LogP contribution in [0.2, 0.25) is 0 Å². The van der Waals surface area contributed by atoms with E-state index in [1.807, 2.05) is 0 Å². The topological polar surface area (TPSA) is 23.5 Å². The number of nitrogens with zero attached hydrogens (tertiary/aromatic N) is 1. The van der Waals surface area contributed by atoms with Gasteiger partial charge in [0.05, 0.1) is 0 Å². The molecule has 66 valence electrons. The highest BCUT2D eigenvalue weighted by molar-refractivity contribution is 4.79. The molecular weight excluding hydrogens is 138 g/mol. The third-order valence-electron chi connectivity index (χ3n) is 2.56. The standard InChI is InChI=1S/C9H19NO/c1-3-8(2)4-10-5-9(6-10)7-11/h8-9,11H,3-7H2,1-2H3. The molecule has 1 atom stereocenters. The van der Waals surface area contributed by atoms with Crippen LogP contribution >= 0.6 is 0 Å². The lowest BCUT2D eigenvalue weighted by atomic mass is 9.98. The first-order valence-electron chi connectivity index (χ1n) is 4.59. The summed E-state index contributed by atoms with van der Waals surface area (Å²) in [4.78, 5) is 2.43. The van der Waals surface area contributed by atoms with Crippen molar-refractivity contribution in [3.8, 4) is 0 Å². The summed E-state index contributed by atoms with van der Waals surface area (Å²) in [6.45, 7) is 8.33. The highest BCUT2D eigenvalue weighted by atomic mass is 16.3. The van der Waals surface area contributed by atoms with E-state index in [4.69, 9.17) is 5.11 Å². The van der Waals surface area contributed by atoms with E-state index < -0.39 is 0 Å². The Morgan fingerprint density at radius 3 is 2.64 bits per heavy atom. The second-order valence-electron chi connectivity index (χ2n) is 3.78. The summed E-state index contributed by atoms with van der Waals surface area (Å²) in [6.07, 6.45) is 1.26. The molecular formula is C9H19NO. The fourth-order valence-electron chi connectivity index (χ4n) is 1.51. The quantitative estimate of drug-likeness (QED) is 0.657. The number of hydrogen-bond acceptors (Lipinski definition) is 2. The Morgan fingerprint density at radius 2 is 2.18 bits per heavy atom. The van der Waals surface area contributed by atoms with Gasteiger partial charge in [-0.05, 0) is 5.92 Å². The number of likely N-dealkylation sites (tertiary alicyclic amines) is 1. The van der Waals surface area contributed by atoms with Crippen molar-refractivity contribution in [3.05, 3.63) is 0 Å². The molecule has 1 rings (SSSR count). The SMILES string of the molecule is CCC(C)CN1CC(CO)C1. The van der Waals surface area contributed by atoms with E-state index in [0.717, 1.165) is 19.0 Å². The molecule has 0 aromatic rings. The van der Waals surface area contributed by atoms with Crippen LogP contribution in [-0.4, -0.2) is 36.2 Å². The van der Waals surface area contributed by atoms with Gasteiger partial charge in [0.1, 0.15) is 0 Å². The van der Waals surface area contributed by atoms with Gasteiger partial charge >= 0.3 is 0 Å². The lowest BCUT2D eigenvalue weighted by molar-refractivity contribution is 0.0431. The molecule has 1 heterocycles. The third kappa shape index (κ3) is 2.46. The molecule has 11 heavy (non-hydrogen) atoms. The van der Waals surface area contributed by atoms with Crippen LogP contribution in [0.3, 0.4) is 0 Å². The predicted molar refractivity (Wildman–Crippen MR) is 46.5 cm³/mol. The van der Waals surface area contributed by atoms with Crippen molar-refractivity contribution in [1.82, 2.24) is 4.90 Å². The molecule has 1 unspecified atom stereocenters. The van der Waals surface area contributed by atoms with Crippen LogP contribution in [0.25, 0.3) is 0 Å². The highest BCUT2D eigenvalue weighted by Gasteiger charge is 2.25. The first-order valence-corrected chi connectivity index (χ1v) is 4.59. The predicted octanol–water partition coefficient (Wildman–Crippen LogP) is 0.957. The number of rotatable bonds is 4. The van der Waals surface area contributed by atoms with Crippen LogP contribution in [0, 0.1) is 11.8 Å². The maximum absolute atomic E-state index is 8.77. The Labute approximate surface area is 69.2 Å². The summed E-state index contributed by atoms with van der Waals surface area (Å²) < 4.78 is 0. The third-order valence-corrected chi connectivity index (χ3v) is 2.56. The summed E-state index contributed by atoms with van der Waals surface area (Å²) in [5, 5.41) is 8.77. The minimum absolute atomic E-state index is 0.372. The lowest BCUT2D eigenvalue weighted by Gasteiger charge is -2.39.